The summed E-state index contributed by atoms with van der Waals surface area (Å²) in [7, 11) is 0. The first-order chi connectivity index (χ1) is 5.86. The van der Waals surface area contributed by atoms with Crippen molar-refractivity contribution in [1.29, 1.82) is 0 Å². The van der Waals surface area contributed by atoms with E-state index in [1.807, 2.05) is 12.1 Å². The molecule has 66 valence electrons. The molecule has 0 unspecified atom stereocenters. The number of rotatable bonds is 4. The third kappa shape index (κ3) is 2.51. The second-order valence-corrected chi connectivity index (χ2v) is 2.68. The van der Waals surface area contributed by atoms with E-state index in [1.54, 1.807) is 6.20 Å². The van der Waals surface area contributed by atoms with Gasteiger partial charge in [-0.15, -0.1) is 0 Å². The monoisotopic (exact) mass is 165 g/mol. The van der Waals surface area contributed by atoms with Gasteiger partial charge in [0.1, 0.15) is 5.82 Å². The number of pyridine rings is 1. The number of hydrogen-bond donors (Lipinski definition) is 2. The van der Waals surface area contributed by atoms with Crippen LogP contribution in [0.15, 0.2) is 18.3 Å². The molecule has 1 rings (SSSR count). The van der Waals surface area contributed by atoms with E-state index >= 15 is 0 Å². The molecular weight excluding hydrogens is 150 g/mol. The van der Waals surface area contributed by atoms with E-state index in [-0.39, 0.29) is 0 Å². The van der Waals surface area contributed by atoms with Crippen LogP contribution in [-0.2, 0) is 6.54 Å². The predicted molar refractivity (Wildman–Crippen MR) is 50.9 cm³/mol. The van der Waals surface area contributed by atoms with E-state index < -0.39 is 0 Å². The second-order valence-electron chi connectivity index (χ2n) is 2.68. The average Bonchev–Trinajstić information content (AvgIpc) is 2.15. The third-order valence-electron chi connectivity index (χ3n) is 1.62. The Kier molecular flexibility index (Phi) is 3.54. The Morgan fingerprint density at radius 3 is 2.83 bits per heavy atom. The van der Waals surface area contributed by atoms with Crippen LogP contribution in [0.25, 0.3) is 0 Å². The van der Waals surface area contributed by atoms with Crippen molar-refractivity contribution < 1.29 is 0 Å². The van der Waals surface area contributed by atoms with Crippen LogP contribution in [-0.4, -0.2) is 11.5 Å². The van der Waals surface area contributed by atoms with Crippen molar-refractivity contribution in [3.8, 4) is 0 Å². The molecule has 0 fully saturated rings. The lowest BCUT2D eigenvalue weighted by molar-refractivity contribution is 0.964. The summed E-state index contributed by atoms with van der Waals surface area (Å²) in [6, 6.07) is 3.95. The van der Waals surface area contributed by atoms with Gasteiger partial charge in [-0.3, -0.25) is 0 Å². The summed E-state index contributed by atoms with van der Waals surface area (Å²) in [5.74, 6) is 0.925. The highest BCUT2D eigenvalue weighted by Crippen LogP contribution is 2.03. The minimum atomic E-state index is 0.557. The Labute approximate surface area is 73.0 Å². The summed E-state index contributed by atoms with van der Waals surface area (Å²) in [5.41, 5.74) is 6.51. The SMILES string of the molecule is CCCNc1ccc(CN)cn1. The van der Waals surface area contributed by atoms with Gasteiger partial charge in [0.05, 0.1) is 0 Å². The molecular formula is C9H15N3. The van der Waals surface area contributed by atoms with Gasteiger partial charge < -0.3 is 11.1 Å². The Morgan fingerprint density at radius 2 is 2.33 bits per heavy atom. The molecule has 0 aliphatic carbocycles. The van der Waals surface area contributed by atoms with E-state index in [2.05, 4.69) is 17.2 Å². The van der Waals surface area contributed by atoms with Gasteiger partial charge >= 0.3 is 0 Å². The van der Waals surface area contributed by atoms with Crippen LogP contribution < -0.4 is 11.1 Å². The first-order valence-electron chi connectivity index (χ1n) is 4.25. The minimum absolute atomic E-state index is 0.557. The summed E-state index contributed by atoms with van der Waals surface area (Å²) >= 11 is 0. The molecule has 3 N–H and O–H groups in total. The smallest absolute Gasteiger partial charge is 0.125 e. The van der Waals surface area contributed by atoms with Gasteiger partial charge in [0.2, 0.25) is 0 Å². The molecule has 0 atom stereocenters. The highest BCUT2D eigenvalue weighted by Gasteiger charge is 1.91. The van der Waals surface area contributed by atoms with Crippen molar-refractivity contribution in [3.63, 3.8) is 0 Å². The number of nitrogens with one attached hydrogen (secondary N) is 1. The third-order valence-corrected chi connectivity index (χ3v) is 1.62. The van der Waals surface area contributed by atoms with Gasteiger partial charge in [-0.05, 0) is 18.1 Å². The molecule has 12 heavy (non-hydrogen) atoms. The highest BCUT2D eigenvalue weighted by atomic mass is 15.0. The van der Waals surface area contributed by atoms with Gasteiger partial charge in [0.15, 0.2) is 0 Å². The van der Waals surface area contributed by atoms with Crippen LogP contribution in [0.1, 0.15) is 18.9 Å². The molecule has 0 bridgehead atoms. The highest BCUT2D eigenvalue weighted by molar-refractivity contribution is 5.35. The molecule has 0 amide bonds. The summed E-state index contributed by atoms with van der Waals surface area (Å²) < 4.78 is 0. The van der Waals surface area contributed by atoms with E-state index in [4.69, 9.17) is 5.73 Å². The van der Waals surface area contributed by atoms with Crippen molar-refractivity contribution >= 4 is 5.82 Å². The molecule has 0 spiro atoms. The fraction of sp³-hybridized carbons (Fsp3) is 0.444. The Bertz CT molecular complexity index is 218. The first kappa shape index (κ1) is 9.00. The van der Waals surface area contributed by atoms with E-state index in [1.165, 1.54) is 0 Å². The molecule has 0 saturated carbocycles. The molecule has 0 radical (unpaired) electrons. The maximum Gasteiger partial charge on any atom is 0.125 e. The lowest BCUT2D eigenvalue weighted by atomic mass is 10.3. The van der Waals surface area contributed by atoms with Gasteiger partial charge in [0.25, 0.3) is 0 Å². The fourth-order valence-electron chi connectivity index (χ4n) is 0.903. The molecule has 1 aromatic rings. The first-order valence-corrected chi connectivity index (χ1v) is 4.25. The summed E-state index contributed by atoms with van der Waals surface area (Å²) in [6.07, 6.45) is 2.91. The van der Waals surface area contributed by atoms with Crippen LogP contribution in [0.5, 0.6) is 0 Å². The summed E-state index contributed by atoms with van der Waals surface area (Å²) in [5, 5.41) is 3.19. The van der Waals surface area contributed by atoms with Gasteiger partial charge in [0, 0.05) is 19.3 Å². The molecule has 0 saturated heterocycles. The molecule has 1 heterocycles. The average molecular weight is 165 g/mol. The topological polar surface area (TPSA) is 50.9 Å². The molecule has 0 aliphatic heterocycles. The van der Waals surface area contributed by atoms with E-state index in [9.17, 15) is 0 Å². The number of anilines is 1. The van der Waals surface area contributed by atoms with Crippen LogP contribution in [0, 0.1) is 0 Å². The van der Waals surface area contributed by atoms with E-state index in [0.29, 0.717) is 6.54 Å². The molecule has 3 heteroatoms. The standard InChI is InChI=1S/C9H15N3/c1-2-5-11-9-4-3-8(6-10)7-12-9/h3-4,7H,2,5-6,10H2,1H3,(H,11,12). The van der Waals surface area contributed by atoms with Gasteiger partial charge in [-0.2, -0.15) is 0 Å². The van der Waals surface area contributed by atoms with Crippen molar-refractivity contribution in [2.75, 3.05) is 11.9 Å². The number of aromatic nitrogens is 1. The Morgan fingerprint density at radius 1 is 1.50 bits per heavy atom. The van der Waals surface area contributed by atoms with Gasteiger partial charge in [-0.1, -0.05) is 13.0 Å². The summed E-state index contributed by atoms with van der Waals surface area (Å²) in [4.78, 5) is 4.20. The fourth-order valence-corrected chi connectivity index (χ4v) is 0.903. The largest absolute Gasteiger partial charge is 0.370 e. The molecule has 3 nitrogen and oxygen atoms in total. The zero-order valence-corrected chi connectivity index (χ0v) is 7.38. The molecule has 0 aliphatic rings. The maximum absolute atomic E-state index is 5.44. The number of nitrogens with zero attached hydrogens (tertiary/aromatic N) is 1. The lowest BCUT2D eigenvalue weighted by Crippen LogP contribution is -2.03. The van der Waals surface area contributed by atoms with Crippen LogP contribution in [0.3, 0.4) is 0 Å². The van der Waals surface area contributed by atoms with Crippen LogP contribution in [0.2, 0.25) is 0 Å². The predicted octanol–water partition coefficient (Wildman–Crippen LogP) is 1.36. The molecule has 0 aromatic carbocycles. The number of nitrogens with two attached hydrogens (primary N) is 1. The number of hydrogen-bond acceptors (Lipinski definition) is 3. The Balaban J connectivity index is 2.53. The zero-order valence-electron chi connectivity index (χ0n) is 7.38. The minimum Gasteiger partial charge on any atom is -0.370 e. The summed E-state index contributed by atoms with van der Waals surface area (Å²) in [6.45, 7) is 3.65. The quantitative estimate of drug-likeness (QED) is 0.708. The Hall–Kier alpha value is -1.09. The van der Waals surface area contributed by atoms with Crippen molar-refractivity contribution in [3.05, 3.63) is 23.9 Å². The van der Waals surface area contributed by atoms with Crippen molar-refractivity contribution in [1.82, 2.24) is 4.98 Å². The van der Waals surface area contributed by atoms with Gasteiger partial charge in [-0.25, -0.2) is 4.98 Å². The second kappa shape index (κ2) is 4.72. The lowest BCUT2D eigenvalue weighted by Gasteiger charge is -2.03. The van der Waals surface area contributed by atoms with E-state index in [0.717, 1.165) is 24.3 Å². The van der Waals surface area contributed by atoms with Crippen molar-refractivity contribution in [2.24, 2.45) is 5.73 Å². The maximum atomic E-state index is 5.44. The van der Waals surface area contributed by atoms with Crippen LogP contribution >= 0.6 is 0 Å². The zero-order chi connectivity index (χ0) is 8.81. The molecule has 1 aromatic heterocycles. The normalized spacial score (nSPS) is 9.83. The van der Waals surface area contributed by atoms with Crippen molar-refractivity contribution in [2.45, 2.75) is 19.9 Å². The van der Waals surface area contributed by atoms with Crippen LogP contribution in [0.4, 0.5) is 5.82 Å².